The predicted octanol–water partition coefficient (Wildman–Crippen LogP) is 7.83. The van der Waals surface area contributed by atoms with E-state index in [9.17, 15) is 14.0 Å². The molecule has 0 radical (unpaired) electrons. The number of carbonyl (C=O) groups excluding carboxylic acids is 2. The summed E-state index contributed by atoms with van der Waals surface area (Å²) in [5.74, 6) is -0.890. The topological polar surface area (TPSA) is 63.4 Å². The first-order valence-electron chi connectivity index (χ1n) is 12.0. The molecule has 0 unspecified atom stereocenters. The molecule has 0 bridgehead atoms. The summed E-state index contributed by atoms with van der Waals surface area (Å²) in [6, 6.07) is 7.99. The zero-order valence-corrected chi connectivity index (χ0v) is 22.9. The van der Waals surface area contributed by atoms with Crippen LogP contribution in [0.3, 0.4) is 0 Å². The second kappa shape index (κ2) is 10.9. The number of hydrogen-bond donors (Lipinski definition) is 0. The molecule has 0 N–H and O–H groups in total. The van der Waals surface area contributed by atoms with Gasteiger partial charge in [0.25, 0.3) is 5.91 Å². The SMILES string of the molecule is CC.CCCN(C(=O)c1cc2nc(-c3ccc(Cl)c(F)c3)cc(C(C)(C)C)c2o1)C(C)(C)C(C)=O. The lowest BCUT2D eigenvalue weighted by Crippen LogP contribution is -2.52. The third-order valence-electron chi connectivity index (χ3n) is 5.94. The van der Waals surface area contributed by atoms with Crippen molar-refractivity contribution in [1.29, 1.82) is 0 Å². The molecule has 0 spiro atoms. The van der Waals surface area contributed by atoms with Crippen LogP contribution in [0.1, 0.15) is 84.9 Å². The van der Waals surface area contributed by atoms with Gasteiger partial charge in [0.2, 0.25) is 0 Å². The second-order valence-electron chi connectivity index (χ2n) is 9.83. The summed E-state index contributed by atoms with van der Waals surface area (Å²) in [4.78, 5) is 31.9. The maximum absolute atomic E-state index is 14.1. The van der Waals surface area contributed by atoms with Gasteiger partial charge in [0.15, 0.2) is 17.1 Å². The molecule has 0 fully saturated rings. The van der Waals surface area contributed by atoms with Crippen molar-refractivity contribution in [2.24, 2.45) is 0 Å². The van der Waals surface area contributed by atoms with E-state index in [-0.39, 0.29) is 27.9 Å². The Morgan fingerprint density at radius 1 is 1.09 bits per heavy atom. The van der Waals surface area contributed by atoms with Gasteiger partial charge in [0.05, 0.1) is 16.3 Å². The highest BCUT2D eigenvalue weighted by Gasteiger charge is 2.37. The molecule has 0 saturated heterocycles. The van der Waals surface area contributed by atoms with E-state index < -0.39 is 11.4 Å². The summed E-state index contributed by atoms with van der Waals surface area (Å²) in [7, 11) is 0. The van der Waals surface area contributed by atoms with Gasteiger partial charge in [-0.3, -0.25) is 9.59 Å². The third kappa shape index (κ3) is 5.92. The Bertz CT molecular complexity index is 1220. The minimum atomic E-state index is -0.974. The van der Waals surface area contributed by atoms with Crippen LogP contribution in [0.25, 0.3) is 22.4 Å². The van der Waals surface area contributed by atoms with Gasteiger partial charge in [-0.2, -0.15) is 0 Å². The molecule has 5 nitrogen and oxygen atoms in total. The third-order valence-corrected chi connectivity index (χ3v) is 6.25. The van der Waals surface area contributed by atoms with E-state index in [4.69, 9.17) is 16.0 Å². The largest absolute Gasteiger partial charge is 0.449 e. The fraction of sp³-hybridized carbons (Fsp3) is 0.464. The van der Waals surface area contributed by atoms with Crippen molar-refractivity contribution in [3.8, 4) is 11.3 Å². The molecule has 0 atom stereocenters. The van der Waals surface area contributed by atoms with Crippen LogP contribution < -0.4 is 0 Å². The van der Waals surface area contributed by atoms with E-state index in [1.54, 1.807) is 30.9 Å². The zero-order chi connectivity index (χ0) is 26.7. The molecule has 1 amide bonds. The van der Waals surface area contributed by atoms with Crippen LogP contribution in [0.15, 0.2) is 34.7 Å². The van der Waals surface area contributed by atoms with Crippen LogP contribution in [-0.2, 0) is 10.2 Å². The highest BCUT2D eigenvalue weighted by Crippen LogP contribution is 2.36. The molecule has 7 heteroatoms. The van der Waals surface area contributed by atoms with Gasteiger partial charge >= 0.3 is 0 Å². The maximum atomic E-state index is 14.1. The van der Waals surface area contributed by atoms with Crippen LogP contribution in [0, 0.1) is 5.82 Å². The van der Waals surface area contributed by atoms with Crippen molar-refractivity contribution < 1.29 is 18.4 Å². The van der Waals surface area contributed by atoms with Crippen molar-refractivity contribution in [3.63, 3.8) is 0 Å². The van der Waals surface area contributed by atoms with Crippen LogP contribution in [0.4, 0.5) is 4.39 Å². The van der Waals surface area contributed by atoms with Gasteiger partial charge in [0, 0.05) is 23.7 Å². The molecule has 3 rings (SSSR count). The Labute approximate surface area is 212 Å². The molecular weight excluding hydrogens is 467 g/mol. The van der Waals surface area contributed by atoms with Gasteiger partial charge < -0.3 is 9.32 Å². The molecule has 2 aromatic heterocycles. The Hall–Kier alpha value is -2.73. The summed E-state index contributed by atoms with van der Waals surface area (Å²) < 4.78 is 20.2. The van der Waals surface area contributed by atoms with Crippen molar-refractivity contribution in [2.45, 2.75) is 79.7 Å². The number of Topliss-reactive ketones (excluding diaryl/α,β-unsaturated/α-hetero) is 1. The Morgan fingerprint density at radius 3 is 2.23 bits per heavy atom. The van der Waals surface area contributed by atoms with E-state index in [2.05, 4.69) is 4.98 Å². The molecule has 1 aromatic carbocycles. The summed E-state index contributed by atoms with van der Waals surface area (Å²) in [6.07, 6.45) is 0.695. The summed E-state index contributed by atoms with van der Waals surface area (Å²) in [5.41, 5.74) is 1.65. The Morgan fingerprint density at radius 2 is 1.71 bits per heavy atom. The van der Waals surface area contributed by atoms with Crippen molar-refractivity contribution in [1.82, 2.24) is 9.88 Å². The van der Waals surface area contributed by atoms with Crippen LogP contribution in [-0.4, -0.2) is 33.7 Å². The first-order valence-corrected chi connectivity index (χ1v) is 12.4. The van der Waals surface area contributed by atoms with Crippen LogP contribution >= 0.6 is 11.6 Å². The molecule has 35 heavy (non-hydrogen) atoms. The summed E-state index contributed by atoms with van der Waals surface area (Å²) in [5, 5.41) is 0.0381. The maximum Gasteiger partial charge on any atom is 0.290 e. The number of hydrogen-bond acceptors (Lipinski definition) is 4. The van der Waals surface area contributed by atoms with Gasteiger partial charge in [-0.15, -0.1) is 0 Å². The number of aromatic nitrogens is 1. The highest BCUT2D eigenvalue weighted by atomic mass is 35.5. The van der Waals surface area contributed by atoms with Crippen molar-refractivity contribution in [3.05, 3.63) is 52.5 Å². The molecule has 190 valence electrons. The number of fused-ring (bicyclic) bond motifs is 1. The first kappa shape index (κ1) is 28.5. The lowest BCUT2D eigenvalue weighted by molar-refractivity contribution is -0.125. The van der Waals surface area contributed by atoms with Gasteiger partial charge in [0.1, 0.15) is 11.3 Å². The number of carbonyl (C=O) groups is 2. The van der Waals surface area contributed by atoms with Crippen molar-refractivity contribution in [2.75, 3.05) is 6.54 Å². The van der Waals surface area contributed by atoms with E-state index in [0.29, 0.717) is 35.3 Å². The van der Waals surface area contributed by atoms with Gasteiger partial charge in [-0.1, -0.05) is 59.2 Å². The van der Waals surface area contributed by atoms with E-state index >= 15 is 0 Å². The lowest BCUT2D eigenvalue weighted by atomic mass is 9.86. The summed E-state index contributed by atoms with van der Waals surface area (Å²) in [6.45, 7) is 17.4. The molecule has 3 aromatic rings. The number of furan rings is 1. The molecule has 0 aliphatic heterocycles. The summed E-state index contributed by atoms with van der Waals surface area (Å²) >= 11 is 5.84. The van der Waals surface area contributed by atoms with Gasteiger partial charge in [-0.05, 0) is 50.8 Å². The second-order valence-corrected chi connectivity index (χ2v) is 10.2. The predicted molar refractivity (Wildman–Crippen MR) is 141 cm³/mol. The van der Waals surface area contributed by atoms with Gasteiger partial charge in [-0.25, -0.2) is 9.37 Å². The minimum Gasteiger partial charge on any atom is -0.449 e. The van der Waals surface area contributed by atoms with Crippen LogP contribution in [0.2, 0.25) is 5.02 Å². The monoisotopic (exact) mass is 502 g/mol. The van der Waals surface area contributed by atoms with E-state index in [1.807, 2.05) is 47.6 Å². The fourth-order valence-corrected chi connectivity index (χ4v) is 3.79. The first-order chi connectivity index (χ1) is 16.3. The number of nitrogens with zero attached hydrogens (tertiary/aromatic N) is 2. The van der Waals surface area contributed by atoms with Crippen molar-refractivity contribution >= 4 is 34.4 Å². The number of rotatable bonds is 6. The van der Waals surface area contributed by atoms with Crippen LogP contribution in [0.5, 0.6) is 0 Å². The zero-order valence-electron chi connectivity index (χ0n) is 22.2. The normalized spacial score (nSPS) is 11.7. The lowest BCUT2D eigenvalue weighted by Gasteiger charge is -2.35. The molecule has 2 heterocycles. The smallest absolute Gasteiger partial charge is 0.290 e. The molecule has 0 saturated carbocycles. The molecular formula is C28H36ClFN2O3. The number of ketones is 1. The van der Waals surface area contributed by atoms with E-state index in [1.165, 1.54) is 19.1 Å². The quantitative estimate of drug-likeness (QED) is 0.344. The average Bonchev–Trinajstić information content (AvgIpc) is 3.22. The number of benzene rings is 1. The van der Waals surface area contributed by atoms with E-state index in [0.717, 1.165) is 5.56 Å². The number of halogens is 2. The minimum absolute atomic E-state index is 0.0381. The molecule has 0 aliphatic carbocycles. The highest BCUT2D eigenvalue weighted by molar-refractivity contribution is 6.30. The molecule has 0 aliphatic rings. The fourth-order valence-electron chi connectivity index (χ4n) is 3.67. The number of amides is 1. The standard InChI is InChI=1S/C26H30ClFN2O3.C2H6/c1-8-11-30(26(6,7)15(2)31)24(32)22-14-21-23(33-22)17(25(3,4)5)13-20(29-21)16-9-10-18(27)19(28)12-16;1-2/h9-10,12-14H,8,11H2,1-7H3;1-2H3. The average molecular weight is 503 g/mol. The Balaban J connectivity index is 0.00000210. The Kier molecular flexibility index (Phi) is 8.88. The number of pyridine rings is 1.